The third kappa shape index (κ3) is 3.73. The molecular weight excluding hydrogens is 320 g/mol. The fraction of sp³-hybridized carbons (Fsp3) is 0.235. The van der Waals surface area contributed by atoms with Gasteiger partial charge >= 0.3 is 6.61 Å². The standard InChI is InChI=1S/C17H15F2NO4/c18-17(19)24-13-5-2-1-4-12(13)16(21)20-11-6-7-14-15(10-11)23-9-3-8-22-14/h1-2,4-7,10,17H,3,8-9H2,(H,20,21). The van der Waals surface area contributed by atoms with Gasteiger partial charge < -0.3 is 19.5 Å². The first-order valence-corrected chi connectivity index (χ1v) is 7.38. The van der Waals surface area contributed by atoms with Crippen molar-refractivity contribution >= 4 is 11.6 Å². The Labute approximate surface area is 137 Å². The highest BCUT2D eigenvalue weighted by atomic mass is 19.3. The second-order valence-corrected chi connectivity index (χ2v) is 5.04. The molecule has 0 aromatic heterocycles. The van der Waals surface area contributed by atoms with Crippen LogP contribution in [0, 0.1) is 0 Å². The first-order valence-electron chi connectivity index (χ1n) is 7.38. The Balaban J connectivity index is 1.79. The van der Waals surface area contributed by atoms with Crippen molar-refractivity contribution in [1.29, 1.82) is 0 Å². The van der Waals surface area contributed by atoms with E-state index in [1.807, 2.05) is 0 Å². The lowest BCUT2D eigenvalue weighted by atomic mass is 10.2. The van der Waals surface area contributed by atoms with Crippen molar-refractivity contribution in [2.75, 3.05) is 18.5 Å². The molecule has 2 aromatic rings. The molecule has 0 fully saturated rings. The van der Waals surface area contributed by atoms with Crippen LogP contribution < -0.4 is 19.5 Å². The number of hydrogen-bond donors (Lipinski definition) is 1. The van der Waals surface area contributed by atoms with Crippen LogP contribution in [0.4, 0.5) is 14.5 Å². The number of carbonyl (C=O) groups excluding carboxylic acids is 1. The Kier molecular flexibility index (Phi) is 4.79. The van der Waals surface area contributed by atoms with E-state index in [2.05, 4.69) is 10.1 Å². The van der Waals surface area contributed by atoms with Crippen molar-refractivity contribution in [2.24, 2.45) is 0 Å². The lowest BCUT2D eigenvalue weighted by Gasteiger charge is -2.12. The minimum absolute atomic E-state index is 0.0184. The number of carbonyl (C=O) groups is 1. The van der Waals surface area contributed by atoms with E-state index in [0.29, 0.717) is 30.4 Å². The maximum atomic E-state index is 12.4. The predicted octanol–water partition coefficient (Wildman–Crippen LogP) is 3.70. The molecule has 0 unspecified atom stereocenters. The van der Waals surface area contributed by atoms with Crippen molar-refractivity contribution in [3.8, 4) is 17.2 Å². The molecule has 5 nitrogen and oxygen atoms in total. The van der Waals surface area contributed by atoms with Crippen LogP contribution >= 0.6 is 0 Å². The fourth-order valence-corrected chi connectivity index (χ4v) is 2.29. The molecule has 0 saturated carbocycles. The normalized spacial score (nSPS) is 13.3. The minimum Gasteiger partial charge on any atom is -0.490 e. The maximum Gasteiger partial charge on any atom is 0.387 e. The Morgan fingerprint density at radius 3 is 2.62 bits per heavy atom. The minimum atomic E-state index is -3.00. The first-order chi connectivity index (χ1) is 11.6. The quantitative estimate of drug-likeness (QED) is 0.926. The molecule has 0 spiro atoms. The molecule has 0 aliphatic carbocycles. The number of nitrogens with one attached hydrogen (secondary N) is 1. The molecule has 1 amide bonds. The number of anilines is 1. The zero-order valence-corrected chi connectivity index (χ0v) is 12.6. The molecule has 24 heavy (non-hydrogen) atoms. The summed E-state index contributed by atoms with van der Waals surface area (Å²) in [6.07, 6.45) is 0.773. The summed E-state index contributed by atoms with van der Waals surface area (Å²) >= 11 is 0. The van der Waals surface area contributed by atoms with Gasteiger partial charge in [0.25, 0.3) is 5.91 Å². The Morgan fingerprint density at radius 2 is 1.83 bits per heavy atom. The number of alkyl halides is 2. The number of hydrogen-bond acceptors (Lipinski definition) is 4. The van der Waals surface area contributed by atoms with Crippen LogP contribution in [0.5, 0.6) is 17.2 Å². The number of rotatable bonds is 4. The highest BCUT2D eigenvalue weighted by molar-refractivity contribution is 6.06. The van der Waals surface area contributed by atoms with Crippen LogP contribution in [0.25, 0.3) is 0 Å². The van der Waals surface area contributed by atoms with Crippen LogP contribution in [-0.2, 0) is 0 Å². The van der Waals surface area contributed by atoms with Crippen LogP contribution in [0.3, 0.4) is 0 Å². The van der Waals surface area contributed by atoms with E-state index in [-0.39, 0.29) is 11.3 Å². The summed E-state index contributed by atoms with van der Waals surface area (Å²) in [7, 11) is 0. The smallest absolute Gasteiger partial charge is 0.387 e. The molecule has 0 atom stereocenters. The largest absolute Gasteiger partial charge is 0.490 e. The summed E-state index contributed by atoms with van der Waals surface area (Å²) in [4.78, 5) is 12.3. The average molecular weight is 335 g/mol. The maximum absolute atomic E-state index is 12.4. The van der Waals surface area contributed by atoms with Crippen molar-refractivity contribution < 1.29 is 27.8 Å². The van der Waals surface area contributed by atoms with Gasteiger partial charge in [0.15, 0.2) is 11.5 Å². The lowest BCUT2D eigenvalue weighted by Crippen LogP contribution is -2.15. The first kappa shape index (κ1) is 16.0. The van der Waals surface area contributed by atoms with E-state index >= 15 is 0 Å². The molecule has 0 radical (unpaired) electrons. The monoisotopic (exact) mass is 335 g/mol. The summed E-state index contributed by atoms with van der Waals surface area (Å²) in [6.45, 7) is -1.91. The van der Waals surface area contributed by atoms with E-state index in [1.54, 1.807) is 24.3 Å². The van der Waals surface area contributed by atoms with E-state index < -0.39 is 12.5 Å². The van der Waals surface area contributed by atoms with Crippen LogP contribution in [0.15, 0.2) is 42.5 Å². The summed E-state index contributed by atoms with van der Waals surface area (Å²) in [5.74, 6) is 0.398. The van der Waals surface area contributed by atoms with Gasteiger partial charge in [0.1, 0.15) is 5.75 Å². The molecule has 1 N–H and O–H groups in total. The zero-order valence-electron chi connectivity index (χ0n) is 12.6. The number of fused-ring (bicyclic) bond motifs is 1. The highest BCUT2D eigenvalue weighted by Crippen LogP contribution is 2.32. The van der Waals surface area contributed by atoms with Gasteiger partial charge in [-0.1, -0.05) is 12.1 Å². The van der Waals surface area contributed by atoms with Crippen LogP contribution in [-0.4, -0.2) is 25.7 Å². The lowest BCUT2D eigenvalue weighted by molar-refractivity contribution is -0.0501. The van der Waals surface area contributed by atoms with E-state index in [0.717, 1.165) is 6.42 Å². The molecule has 7 heteroatoms. The molecule has 1 aliphatic rings. The van der Waals surface area contributed by atoms with Crippen molar-refractivity contribution in [1.82, 2.24) is 0 Å². The van der Waals surface area contributed by atoms with Gasteiger partial charge in [-0.2, -0.15) is 8.78 Å². The average Bonchev–Trinajstić information content (AvgIpc) is 2.79. The van der Waals surface area contributed by atoms with Gasteiger partial charge in [-0.3, -0.25) is 4.79 Å². The third-order valence-electron chi connectivity index (χ3n) is 3.35. The third-order valence-corrected chi connectivity index (χ3v) is 3.35. The number of ether oxygens (including phenoxy) is 3. The van der Waals surface area contributed by atoms with E-state index in [9.17, 15) is 13.6 Å². The van der Waals surface area contributed by atoms with Crippen molar-refractivity contribution in [2.45, 2.75) is 13.0 Å². The van der Waals surface area contributed by atoms with E-state index in [1.165, 1.54) is 18.2 Å². The Morgan fingerprint density at radius 1 is 1.08 bits per heavy atom. The molecular formula is C17H15F2NO4. The molecule has 1 aliphatic heterocycles. The summed E-state index contributed by atoms with van der Waals surface area (Å²) in [6, 6.07) is 10.8. The van der Waals surface area contributed by atoms with Gasteiger partial charge in [0.05, 0.1) is 18.8 Å². The van der Waals surface area contributed by atoms with Gasteiger partial charge in [-0.15, -0.1) is 0 Å². The summed E-state index contributed by atoms with van der Waals surface area (Å²) in [5, 5.41) is 2.64. The van der Waals surface area contributed by atoms with Gasteiger partial charge in [0, 0.05) is 18.2 Å². The molecule has 3 rings (SSSR count). The van der Waals surface area contributed by atoms with Crippen molar-refractivity contribution in [3.05, 3.63) is 48.0 Å². The van der Waals surface area contributed by atoms with Crippen molar-refractivity contribution in [3.63, 3.8) is 0 Å². The van der Waals surface area contributed by atoms with Gasteiger partial charge in [0.2, 0.25) is 0 Å². The molecule has 1 heterocycles. The second kappa shape index (κ2) is 7.16. The summed E-state index contributed by atoms with van der Waals surface area (Å²) < 4.78 is 40.3. The number of halogens is 2. The zero-order chi connectivity index (χ0) is 16.9. The van der Waals surface area contributed by atoms with Gasteiger partial charge in [-0.05, 0) is 24.3 Å². The van der Waals surface area contributed by atoms with Gasteiger partial charge in [-0.25, -0.2) is 0 Å². The molecule has 126 valence electrons. The second-order valence-electron chi connectivity index (χ2n) is 5.04. The molecule has 2 aromatic carbocycles. The molecule has 0 saturated heterocycles. The topological polar surface area (TPSA) is 56.8 Å². The highest BCUT2D eigenvalue weighted by Gasteiger charge is 2.17. The summed E-state index contributed by atoms with van der Waals surface area (Å²) in [5.41, 5.74) is 0.487. The SMILES string of the molecule is O=C(Nc1ccc2c(c1)OCCCO2)c1ccccc1OC(F)F. The number of para-hydroxylation sites is 1. The predicted molar refractivity (Wildman–Crippen MR) is 83.1 cm³/mol. The Bertz CT molecular complexity index is 736. The fourth-order valence-electron chi connectivity index (χ4n) is 2.29. The van der Waals surface area contributed by atoms with Crippen LogP contribution in [0.1, 0.15) is 16.8 Å². The van der Waals surface area contributed by atoms with E-state index in [4.69, 9.17) is 9.47 Å². The van der Waals surface area contributed by atoms with Crippen LogP contribution in [0.2, 0.25) is 0 Å². The number of benzene rings is 2. The molecule has 0 bridgehead atoms. The number of amides is 1. The Hall–Kier alpha value is -2.83.